The van der Waals surface area contributed by atoms with Crippen molar-refractivity contribution in [3.63, 3.8) is 0 Å². The minimum atomic E-state index is -1.26. The number of hydrogen-bond donors (Lipinski definition) is 5. The fourth-order valence-corrected chi connectivity index (χ4v) is 3.80. The third kappa shape index (κ3) is 2.86. The van der Waals surface area contributed by atoms with Gasteiger partial charge in [0.2, 0.25) is 0 Å². The van der Waals surface area contributed by atoms with Crippen LogP contribution < -0.4 is 0 Å². The first-order valence-corrected chi connectivity index (χ1v) is 7.40. The molecule has 0 spiro atoms. The summed E-state index contributed by atoms with van der Waals surface area (Å²) in [6, 6.07) is -0.678. The maximum Gasteiger partial charge on any atom is 0.109 e. The van der Waals surface area contributed by atoms with E-state index in [4.69, 9.17) is 0 Å². The molecule has 2 unspecified atom stereocenters. The molecule has 20 heavy (non-hydrogen) atoms. The highest BCUT2D eigenvalue weighted by Gasteiger charge is 2.49. The predicted octanol–water partition coefficient (Wildman–Crippen LogP) is -1.31. The van der Waals surface area contributed by atoms with E-state index in [0.29, 0.717) is 12.8 Å². The maximum atomic E-state index is 10.6. The average molecular weight is 289 g/mol. The standard InChI is InChI=1S/C14H27NO5/c1-14(20)6-4-3-5-8(14)11(17)10-13(19)12(18)9(16)7-15(10)2/h8-13,16-20H,3-7H2,1-2H3/t8?,9-,10+,11-,12+,13+,14?/m0/s1. The van der Waals surface area contributed by atoms with Gasteiger partial charge in [0.15, 0.2) is 0 Å². The molecule has 0 aromatic heterocycles. The van der Waals surface area contributed by atoms with E-state index in [1.807, 2.05) is 0 Å². The molecule has 6 nitrogen and oxygen atoms in total. The summed E-state index contributed by atoms with van der Waals surface area (Å²) < 4.78 is 0. The van der Waals surface area contributed by atoms with Crippen LogP contribution in [0, 0.1) is 5.92 Å². The lowest BCUT2D eigenvalue weighted by Crippen LogP contribution is -2.66. The summed E-state index contributed by atoms with van der Waals surface area (Å²) in [6.45, 7) is 1.91. The van der Waals surface area contributed by atoms with Crippen molar-refractivity contribution in [1.29, 1.82) is 0 Å². The van der Waals surface area contributed by atoms with Crippen molar-refractivity contribution in [2.24, 2.45) is 5.92 Å². The predicted molar refractivity (Wildman–Crippen MR) is 73.0 cm³/mol. The van der Waals surface area contributed by atoms with Crippen LogP contribution in [0.5, 0.6) is 0 Å². The summed E-state index contributed by atoms with van der Waals surface area (Å²) in [5.41, 5.74) is -0.959. The number of hydrogen-bond acceptors (Lipinski definition) is 6. The number of nitrogens with zero attached hydrogens (tertiary/aromatic N) is 1. The zero-order valence-corrected chi connectivity index (χ0v) is 12.2. The first-order chi connectivity index (χ1) is 9.25. The molecule has 6 heteroatoms. The number of likely N-dealkylation sites (N-methyl/N-ethyl adjacent to an activating group) is 1. The molecular weight excluding hydrogens is 262 g/mol. The molecule has 2 aliphatic rings. The van der Waals surface area contributed by atoms with Crippen molar-refractivity contribution in [3.05, 3.63) is 0 Å². The molecule has 0 radical (unpaired) electrons. The largest absolute Gasteiger partial charge is 0.391 e. The fraction of sp³-hybridized carbons (Fsp3) is 1.00. The molecule has 5 N–H and O–H groups in total. The number of aliphatic hydroxyl groups is 5. The Morgan fingerprint density at radius 3 is 2.40 bits per heavy atom. The number of likely N-dealkylation sites (tertiary alicyclic amines) is 1. The van der Waals surface area contributed by atoms with E-state index >= 15 is 0 Å². The number of rotatable bonds is 2. The van der Waals surface area contributed by atoms with E-state index in [0.717, 1.165) is 12.8 Å². The van der Waals surface area contributed by atoms with Gasteiger partial charge >= 0.3 is 0 Å². The molecule has 1 saturated carbocycles. The number of aliphatic hydroxyl groups excluding tert-OH is 4. The zero-order valence-electron chi connectivity index (χ0n) is 12.2. The van der Waals surface area contributed by atoms with Crippen molar-refractivity contribution >= 4 is 0 Å². The topological polar surface area (TPSA) is 104 Å². The first-order valence-electron chi connectivity index (χ1n) is 7.40. The van der Waals surface area contributed by atoms with Crippen LogP contribution in [-0.4, -0.2) is 80.1 Å². The van der Waals surface area contributed by atoms with Gasteiger partial charge in [-0.1, -0.05) is 12.8 Å². The van der Waals surface area contributed by atoms with Crippen molar-refractivity contribution in [2.45, 2.75) is 68.7 Å². The summed E-state index contributed by atoms with van der Waals surface area (Å²) in [7, 11) is 1.70. The molecule has 7 atom stereocenters. The molecule has 0 aromatic carbocycles. The zero-order chi connectivity index (χ0) is 15.1. The quantitative estimate of drug-likeness (QED) is 0.432. The highest BCUT2D eigenvalue weighted by Crippen LogP contribution is 2.38. The monoisotopic (exact) mass is 289 g/mol. The summed E-state index contributed by atoms with van der Waals surface area (Å²) in [5, 5.41) is 50.7. The summed E-state index contributed by atoms with van der Waals surface area (Å²) >= 11 is 0. The van der Waals surface area contributed by atoms with Crippen molar-refractivity contribution in [3.8, 4) is 0 Å². The molecule has 2 fully saturated rings. The molecule has 2 rings (SSSR count). The van der Waals surface area contributed by atoms with Crippen LogP contribution in [0.25, 0.3) is 0 Å². The van der Waals surface area contributed by atoms with E-state index in [-0.39, 0.29) is 12.5 Å². The Kier molecular flexibility index (Phi) is 4.73. The molecule has 0 bridgehead atoms. The molecule has 1 heterocycles. The second-order valence-electron chi connectivity index (χ2n) is 6.68. The third-order valence-electron chi connectivity index (χ3n) is 5.09. The van der Waals surface area contributed by atoms with Gasteiger partial charge < -0.3 is 25.5 Å². The molecule has 118 valence electrons. The van der Waals surface area contributed by atoms with Gasteiger partial charge in [-0.2, -0.15) is 0 Å². The average Bonchev–Trinajstić information content (AvgIpc) is 2.35. The van der Waals surface area contributed by atoms with Crippen LogP contribution in [0.4, 0.5) is 0 Å². The Bertz CT molecular complexity index is 338. The normalized spacial score (nSPS) is 49.0. The molecular formula is C14H27NO5. The van der Waals surface area contributed by atoms with Crippen LogP contribution in [0.1, 0.15) is 32.6 Å². The molecule has 1 aliphatic heterocycles. The van der Waals surface area contributed by atoms with E-state index in [1.165, 1.54) is 0 Å². The van der Waals surface area contributed by atoms with Gasteiger partial charge in [-0.25, -0.2) is 0 Å². The van der Waals surface area contributed by atoms with Crippen LogP contribution in [0.2, 0.25) is 0 Å². The van der Waals surface area contributed by atoms with Gasteiger partial charge in [0.25, 0.3) is 0 Å². The van der Waals surface area contributed by atoms with E-state index in [1.54, 1.807) is 18.9 Å². The Balaban J connectivity index is 2.16. The smallest absolute Gasteiger partial charge is 0.109 e. The summed E-state index contributed by atoms with van der Waals surface area (Å²) in [5.74, 6) is -0.333. The lowest BCUT2D eigenvalue weighted by atomic mass is 9.70. The van der Waals surface area contributed by atoms with Crippen LogP contribution in [0.15, 0.2) is 0 Å². The Hall–Kier alpha value is -0.240. The van der Waals surface area contributed by atoms with Gasteiger partial charge in [0.1, 0.15) is 12.2 Å². The first kappa shape index (κ1) is 16.1. The van der Waals surface area contributed by atoms with E-state index in [2.05, 4.69) is 0 Å². The maximum absolute atomic E-state index is 10.6. The van der Waals surface area contributed by atoms with Crippen LogP contribution in [-0.2, 0) is 0 Å². The number of piperidine rings is 1. The molecule has 1 saturated heterocycles. The SMILES string of the molecule is CN1C[C@H](O)[C@@H](O)[C@H](O)[C@H]1[C@@H](O)C1CCCCC1(C)O. The summed E-state index contributed by atoms with van der Waals surface area (Å²) in [6.07, 6.45) is -1.25. The van der Waals surface area contributed by atoms with Gasteiger partial charge in [-0.3, -0.25) is 4.90 Å². The molecule has 0 amide bonds. The Labute approximate surface area is 119 Å². The van der Waals surface area contributed by atoms with Crippen molar-refractivity contribution in [1.82, 2.24) is 4.90 Å². The Morgan fingerprint density at radius 1 is 1.15 bits per heavy atom. The van der Waals surface area contributed by atoms with Crippen LogP contribution >= 0.6 is 0 Å². The fourth-order valence-electron chi connectivity index (χ4n) is 3.80. The highest BCUT2D eigenvalue weighted by molar-refractivity contribution is 5.02. The van der Waals surface area contributed by atoms with Crippen LogP contribution in [0.3, 0.4) is 0 Å². The molecule has 1 aliphatic carbocycles. The lowest BCUT2D eigenvalue weighted by molar-refractivity contribution is -0.178. The van der Waals surface area contributed by atoms with Gasteiger partial charge in [0, 0.05) is 12.5 Å². The summed E-state index contributed by atoms with van der Waals surface area (Å²) in [4.78, 5) is 1.66. The van der Waals surface area contributed by atoms with Crippen molar-refractivity contribution < 1.29 is 25.5 Å². The second kappa shape index (κ2) is 5.87. The van der Waals surface area contributed by atoms with E-state index < -0.39 is 36.1 Å². The third-order valence-corrected chi connectivity index (χ3v) is 5.09. The minimum Gasteiger partial charge on any atom is -0.391 e. The van der Waals surface area contributed by atoms with Gasteiger partial charge in [-0.15, -0.1) is 0 Å². The Morgan fingerprint density at radius 2 is 1.80 bits per heavy atom. The van der Waals surface area contributed by atoms with Gasteiger partial charge in [0.05, 0.1) is 23.9 Å². The lowest BCUT2D eigenvalue weighted by Gasteiger charge is -2.49. The highest BCUT2D eigenvalue weighted by atomic mass is 16.4. The molecule has 0 aromatic rings. The van der Waals surface area contributed by atoms with Gasteiger partial charge in [-0.05, 0) is 26.8 Å². The van der Waals surface area contributed by atoms with Crippen molar-refractivity contribution in [2.75, 3.05) is 13.6 Å². The van der Waals surface area contributed by atoms with E-state index in [9.17, 15) is 25.5 Å². The number of β-amino-alcohol motifs (C(OH)–C–C–N with tert-alkyl or cyclic N) is 1. The minimum absolute atomic E-state index is 0.189. The second-order valence-corrected chi connectivity index (χ2v) is 6.68.